The van der Waals surface area contributed by atoms with Gasteiger partial charge < -0.3 is 14.9 Å². The number of hydrogen-bond donors (Lipinski definition) is 2. The number of ether oxygens (including phenoxy) is 1. The van der Waals surface area contributed by atoms with E-state index in [1.165, 1.54) is 51.4 Å². The zero-order chi connectivity index (χ0) is 18.3. The molecule has 0 radical (unpaired) electrons. The highest BCUT2D eigenvalue weighted by Crippen LogP contribution is 2.16. The van der Waals surface area contributed by atoms with E-state index in [-0.39, 0.29) is 18.8 Å². The lowest BCUT2D eigenvalue weighted by atomic mass is 10.0. The molecule has 0 saturated carbocycles. The lowest BCUT2D eigenvalue weighted by molar-refractivity contribution is -0.0873. The fourth-order valence-electron chi connectivity index (χ4n) is 3.17. The number of unbranched alkanes of at least 4 members (excludes halogenated alkanes) is 7. The van der Waals surface area contributed by atoms with Crippen LogP contribution in [0.2, 0.25) is 0 Å². The van der Waals surface area contributed by atoms with E-state index < -0.39 is 6.10 Å². The Kier molecular flexibility index (Phi) is 12.7. The third-order valence-corrected chi connectivity index (χ3v) is 4.77. The highest BCUT2D eigenvalue weighted by molar-refractivity contribution is 5.15. The summed E-state index contributed by atoms with van der Waals surface area (Å²) in [6, 6.07) is 10.0. The van der Waals surface area contributed by atoms with Gasteiger partial charge in [-0.2, -0.15) is 0 Å². The molecular formula is C22H38O3. The topological polar surface area (TPSA) is 49.7 Å². The van der Waals surface area contributed by atoms with Crippen LogP contribution >= 0.6 is 0 Å². The molecule has 3 nitrogen and oxygen atoms in total. The minimum absolute atomic E-state index is 0.106. The maximum absolute atomic E-state index is 10.1. The second kappa shape index (κ2) is 14.3. The first kappa shape index (κ1) is 22.1. The van der Waals surface area contributed by atoms with Crippen molar-refractivity contribution < 1.29 is 14.9 Å². The maximum atomic E-state index is 10.1. The van der Waals surface area contributed by atoms with Crippen molar-refractivity contribution in [2.75, 3.05) is 6.61 Å². The minimum atomic E-state index is -0.832. The Morgan fingerprint density at radius 2 is 1.52 bits per heavy atom. The van der Waals surface area contributed by atoms with Gasteiger partial charge in [-0.3, -0.25) is 0 Å². The number of aliphatic hydroxyl groups excluding tert-OH is 2. The molecule has 1 aromatic rings. The van der Waals surface area contributed by atoms with E-state index in [1.807, 2.05) is 30.3 Å². The molecule has 0 aliphatic rings. The van der Waals surface area contributed by atoms with Gasteiger partial charge in [-0.25, -0.2) is 0 Å². The summed E-state index contributed by atoms with van der Waals surface area (Å²) in [7, 11) is 0. The van der Waals surface area contributed by atoms with Gasteiger partial charge in [-0.1, -0.05) is 88.6 Å². The zero-order valence-electron chi connectivity index (χ0n) is 16.2. The van der Waals surface area contributed by atoms with Gasteiger partial charge in [-0.05, 0) is 18.9 Å². The Balaban J connectivity index is 2.24. The SMILES string of the molecule is CCCCCCCCCCC(C)OC(Cc1ccccc1)C(O)CO. The smallest absolute Gasteiger partial charge is 0.103 e. The molecule has 0 bridgehead atoms. The van der Waals surface area contributed by atoms with Crippen molar-refractivity contribution in [1.82, 2.24) is 0 Å². The summed E-state index contributed by atoms with van der Waals surface area (Å²) < 4.78 is 6.06. The highest BCUT2D eigenvalue weighted by Gasteiger charge is 2.22. The molecule has 0 aromatic heterocycles. The molecule has 3 heteroatoms. The van der Waals surface area contributed by atoms with E-state index in [1.54, 1.807) is 0 Å². The minimum Gasteiger partial charge on any atom is -0.394 e. The summed E-state index contributed by atoms with van der Waals surface area (Å²) in [6.07, 6.45) is 11.0. The predicted octanol–water partition coefficient (Wildman–Crippen LogP) is 4.89. The fraction of sp³-hybridized carbons (Fsp3) is 0.727. The third-order valence-electron chi connectivity index (χ3n) is 4.77. The Morgan fingerprint density at radius 3 is 2.12 bits per heavy atom. The number of benzene rings is 1. The molecule has 0 aliphatic carbocycles. The average molecular weight is 351 g/mol. The van der Waals surface area contributed by atoms with Crippen LogP contribution in [-0.4, -0.2) is 35.1 Å². The zero-order valence-corrected chi connectivity index (χ0v) is 16.2. The predicted molar refractivity (Wildman–Crippen MR) is 105 cm³/mol. The van der Waals surface area contributed by atoms with Crippen molar-refractivity contribution in [3.63, 3.8) is 0 Å². The largest absolute Gasteiger partial charge is 0.394 e. The fourth-order valence-corrected chi connectivity index (χ4v) is 3.17. The molecule has 144 valence electrons. The molecule has 0 saturated heterocycles. The summed E-state index contributed by atoms with van der Waals surface area (Å²) in [5.74, 6) is 0. The monoisotopic (exact) mass is 350 g/mol. The van der Waals surface area contributed by atoms with Gasteiger partial charge in [0.15, 0.2) is 0 Å². The van der Waals surface area contributed by atoms with Crippen LogP contribution in [0.1, 0.15) is 77.2 Å². The molecule has 0 amide bonds. The van der Waals surface area contributed by atoms with Gasteiger partial charge in [0.1, 0.15) is 6.10 Å². The van der Waals surface area contributed by atoms with Gasteiger partial charge in [0.2, 0.25) is 0 Å². The van der Waals surface area contributed by atoms with Crippen LogP contribution < -0.4 is 0 Å². The van der Waals surface area contributed by atoms with Crippen LogP contribution in [0.4, 0.5) is 0 Å². The quantitative estimate of drug-likeness (QED) is 0.443. The first-order valence-corrected chi connectivity index (χ1v) is 10.2. The van der Waals surface area contributed by atoms with Crippen molar-refractivity contribution in [2.24, 2.45) is 0 Å². The van der Waals surface area contributed by atoms with Gasteiger partial charge in [-0.15, -0.1) is 0 Å². The van der Waals surface area contributed by atoms with Gasteiger partial charge in [0.25, 0.3) is 0 Å². The molecule has 3 unspecified atom stereocenters. The number of rotatable bonds is 15. The van der Waals surface area contributed by atoms with Crippen molar-refractivity contribution >= 4 is 0 Å². The molecule has 25 heavy (non-hydrogen) atoms. The van der Waals surface area contributed by atoms with Crippen molar-refractivity contribution in [3.05, 3.63) is 35.9 Å². The average Bonchev–Trinajstić information content (AvgIpc) is 2.63. The van der Waals surface area contributed by atoms with E-state index in [0.29, 0.717) is 6.42 Å². The van der Waals surface area contributed by atoms with Gasteiger partial charge in [0.05, 0.1) is 18.8 Å². The van der Waals surface area contributed by atoms with E-state index >= 15 is 0 Å². The molecule has 0 aliphatic heterocycles. The van der Waals surface area contributed by atoms with E-state index in [2.05, 4.69) is 13.8 Å². The first-order chi connectivity index (χ1) is 12.2. The Hall–Kier alpha value is -0.900. The summed E-state index contributed by atoms with van der Waals surface area (Å²) >= 11 is 0. The highest BCUT2D eigenvalue weighted by atomic mass is 16.5. The molecule has 0 fully saturated rings. The Labute approximate surface area is 154 Å². The third kappa shape index (κ3) is 10.6. The second-order valence-corrected chi connectivity index (χ2v) is 7.19. The van der Waals surface area contributed by atoms with Crippen molar-refractivity contribution in [2.45, 2.75) is 96.4 Å². The van der Waals surface area contributed by atoms with E-state index in [0.717, 1.165) is 12.0 Å². The van der Waals surface area contributed by atoms with Crippen molar-refractivity contribution in [1.29, 1.82) is 0 Å². The van der Waals surface area contributed by atoms with Gasteiger partial charge in [0, 0.05) is 6.42 Å². The van der Waals surface area contributed by atoms with Crippen LogP contribution in [0.15, 0.2) is 30.3 Å². The second-order valence-electron chi connectivity index (χ2n) is 7.19. The van der Waals surface area contributed by atoms with Crippen LogP contribution in [0.5, 0.6) is 0 Å². The standard InChI is InChI=1S/C22H38O3/c1-3-4-5-6-7-8-9-11-14-19(2)25-22(21(24)18-23)17-20-15-12-10-13-16-20/h10,12-13,15-16,19,21-24H,3-9,11,14,17-18H2,1-2H3. The molecule has 1 rings (SSSR count). The van der Waals surface area contributed by atoms with E-state index in [9.17, 15) is 10.2 Å². The summed E-state index contributed by atoms with van der Waals surface area (Å²) in [4.78, 5) is 0. The number of hydrogen-bond acceptors (Lipinski definition) is 3. The van der Waals surface area contributed by atoms with Gasteiger partial charge >= 0.3 is 0 Å². The lowest BCUT2D eigenvalue weighted by Crippen LogP contribution is -2.36. The summed E-state index contributed by atoms with van der Waals surface area (Å²) in [5, 5.41) is 19.4. The van der Waals surface area contributed by atoms with E-state index in [4.69, 9.17) is 4.74 Å². The molecular weight excluding hydrogens is 312 g/mol. The van der Waals surface area contributed by atoms with Crippen LogP contribution in [-0.2, 0) is 11.2 Å². The molecule has 3 atom stereocenters. The molecule has 0 spiro atoms. The lowest BCUT2D eigenvalue weighted by Gasteiger charge is -2.26. The molecule has 0 heterocycles. The summed E-state index contributed by atoms with van der Waals surface area (Å²) in [6.45, 7) is 4.06. The first-order valence-electron chi connectivity index (χ1n) is 10.2. The Bertz CT molecular complexity index is 407. The number of aliphatic hydroxyl groups is 2. The van der Waals surface area contributed by atoms with Crippen LogP contribution in [0, 0.1) is 0 Å². The summed E-state index contributed by atoms with van der Waals surface area (Å²) in [5.41, 5.74) is 1.12. The van der Waals surface area contributed by atoms with Crippen LogP contribution in [0.3, 0.4) is 0 Å². The maximum Gasteiger partial charge on any atom is 0.103 e. The van der Waals surface area contributed by atoms with Crippen molar-refractivity contribution in [3.8, 4) is 0 Å². The normalized spacial score (nSPS) is 15.0. The Morgan fingerprint density at radius 1 is 0.920 bits per heavy atom. The van der Waals surface area contributed by atoms with Crippen LogP contribution in [0.25, 0.3) is 0 Å². The molecule has 1 aromatic carbocycles. The molecule has 2 N–H and O–H groups in total.